The molecule has 0 aliphatic carbocycles. The number of rotatable bonds is 8. The van der Waals surface area contributed by atoms with Crippen molar-refractivity contribution in [2.24, 2.45) is 0 Å². The maximum Gasteiger partial charge on any atom is 0.252 e. The van der Waals surface area contributed by atoms with E-state index in [4.69, 9.17) is 4.74 Å². The number of hydrogen-bond acceptors (Lipinski definition) is 5. The van der Waals surface area contributed by atoms with Crippen molar-refractivity contribution in [2.45, 2.75) is 13.3 Å². The lowest BCUT2D eigenvalue weighted by molar-refractivity contribution is 0.0951. The van der Waals surface area contributed by atoms with Crippen LogP contribution in [0.1, 0.15) is 28.0 Å². The zero-order valence-electron chi connectivity index (χ0n) is 17.4. The summed E-state index contributed by atoms with van der Waals surface area (Å²) in [6.07, 6.45) is 2.23. The Kier molecular flexibility index (Phi) is 7.01. The second-order valence-corrected chi connectivity index (χ2v) is 7.54. The Balaban J connectivity index is 1.69. The molecule has 154 valence electrons. The number of hydrogen-bond donors (Lipinski definition) is 1. The molecule has 0 bridgehead atoms. The van der Waals surface area contributed by atoms with Gasteiger partial charge in [0.15, 0.2) is 0 Å². The van der Waals surface area contributed by atoms with Crippen LogP contribution >= 0.6 is 0 Å². The van der Waals surface area contributed by atoms with Crippen molar-refractivity contribution in [3.05, 3.63) is 60.5 Å². The molecule has 29 heavy (non-hydrogen) atoms. The second kappa shape index (κ2) is 9.67. The molecular formula is C23H30N4O2. The normalized spacial score (nSPS) is 15.2. The van der Waals surface area contributed by atoms with Crippen molar-refractivity contribution in [1.82, 2.24) is 20.1 Å². The molecule has 1 aliphatic rings. The van der Waals surface area contributed by atoms with Gasteiger partial charge in [0.1, 0.15) is 11.5 Å². The molecule has 1 amide bonds. The fourth-order valence-electron chi connectivity index (χ4n) is 3.50. The van der Waals surface area contributed by atoms with Crippen molar-refractivity contribution < 1.29 is 9.53 Å². The average Bonchev–Trinajstić information content (AvgIpc) is 2.71. The van der Waals surface area contributed by atoms with E-state index in [1.807, 2.05) is 25.1 Å². The predicted molar refractivity (Wildman–Crippen MR) is 118 cm³/mol. The molecule has 1 aromatic heterocycles. The van der Waals surface area contributed by atoms with Crippen LogP contribution in [-0.4, -0.2) is 67.0 Å². The lowest BCUT2D eigenvalue weighted by atomic mass is 10.0. The van der Waals surface area contributed by atoms with Crippen molar-refractivity contribution in [2.75, 3.05) is 46.3 Å². The number of pyridine rings is 1. The van der Waals surface area contributed by atoms with Gasteiger partial charge in [-0.15, -0.1) is 0 Å². The molecule has 2 heterocycles. The minimum absolute atomic E-state index is 0.103. The van der Waals surface area contributed by atoms with E-state index in [9.17, 15) is 4.79 Å². The maximum absolute atomic E-state index is 12.9. The number of piperazine rings is 1. The summed E-state index contributed by atoms with van der Waals surface area (Å²) in [4.78, 5) is 22.3. The molecule has 0 spiro atoms. The number of benzene rings is 1. The molecule has 3 rings (SSSR count). The van der Waals surface area contributed by atoms with Crippen molar-refractivity contribution in [3.8, 4) is 0 Å². The Bertz CT molecular complexity index is 901. The van der Waals surface area contributed by atoms with E-state index < -0.39 is 0 Å². The van der Waals surface area contributed by atoms with Crippen molar-refractivity contribution in [1.29, 1.82) is 0 Å². The quantitative estimate of drug-likeness (QED) is 0.551. The van der Waals surface area contributed by atoms with Gasteiger partial charge in [0.05, 0.1) is 17.3 Å². The lowest BCUT2D eigenvalue weighted by Crippen LogP contribution is -2.45. The summed E-state index contributed by atoms with van der Waals surface area (Å²) >= 11 is 0. The highest BCUT2D eigenvalue weighted by Gasteiger charge is 2.16. The van der Waals surface area contributed by atoms with Crippen LogP contribution in [-0.2, 0) is 4.74 Å². The van der Waals surface area contributed by atoms with Gasteiger partial charge in [0.2, 0.25) is 0 Å². The minimum atomic E-state index is -0.103. The number of nitrogens with zero attached hydrogens (tertiary/aromatic N) is 3. The van der Waals surface area contributed by atoms with E-state index in [0.717, 1.165) is 55.6 Å². The Labute approximate surface area is 172 Å². The van der Waals surface area contributed by atoms with Gasteiger partial charge in [-0.3, -0.25) is 4.79 Å². The fourth-order valence-corrected chi connectivity index (χ4v) is 3.50. The molecule has 2 aromatic rings. The number of ether oxygens (including phenoxy) is 1. The van der Waals surface area contributed by atoms with Gasteiger partial charge < -0.3 is 19.9 Å². The Morgan fingerprint density at radius 2 is 2.03 bits per heavy atom. The van der Waals surface area contributed by atoms with Gasteiger partial charge in [-0.1, -0.05) is 24.8 Å². The van der Waals surface area contributed by atoms with Crippen LogP contribution in [0.2, 0.25) is 0 Å². The zero-order valence-corrected chi connectivity index (χ0v) is 17.4. The smallest absolute Gasteiger partial charge is 0.252 e. The van der Waals surface area contributed by atoms with Gasteiger partial charge in [0.25, 0.3) is 5.91 Å². The number of likely N-dealkylation sites (N-methyl/N-ethyl adjacent to an activating group) is 1. The molecular weight excluding hydrogens is 364 g/mol. The van der Waals surface area contributed by atoms with Gasteiger partial charge in [-0.05, 0) is 45.1 Å². The minimum Gasteiger partial charge on any atom is -0.464 e. The third-order valence-corrected chi connectivity index (χ3v) is 5.25. The van der Waals surface area contributed by atoms with E-state index >= 15 is 0 Å². The SMILES string of the molecule is C=COC(=C)c1cc(C(=O)NCCCN2CCN(C)CC2)c2cc(C)ccc2n1. The average molecular weight is 395 g/mol. The van der Waals surface area contributed by atoms with E-state index in [1.165, 1.54) is 6.26 Å². The highest BCUT2D eigenvalue weighted by atomic mass is 16.5. The van der Waals surface area contributed by atoms with Gasteiger partial charge >= 0.3 is 0 Å². The second-order valence-electron chi connectivity index (χ2n) is 7.54. The topological polar surface area (TPSA) is 57.7 Å². The molecule has 6 nitrogen and oxygen atoms in total. The Hall–Kier alpha value is -2.70. The highest BCUT2D eigenvalue weighted by molar-refractivity contribution is 6.06. The number of carbonyl (C=O) groups excluding carboxylic acids is 1. The van der Waals surface area contributed by atoms with Crippen LogP contribution in [0.25, 0.3) is 16.7 Å². The van der Waals surface area contributed by atoms with Crippen LogP contribution in [0, 0.1) is 6.92 Å². The number of aromatic nitrogens is 1. The summed E-state index contributed by atoms with van der Waals surface area (Å²) in [6.45, 7) is 15.5. The molecule has 1 N–H and O–H groups in total. The lowest BCUT2D eigenvalue weighted by Gasteiger charge is -2.32. The van der Waals surface area contributed by atoms with E-state index in [2.05, 4.69) is 40.3 Å². The third kappa shape index (κ3) is 5.43. The predicted octanol–water partition coefficient (Wildman–Crippen LogP) is 3.04. The monoisotopic (exact) mass is 394 g/mol. The summed E-state index contributed by atoms with van der Waals surface area (Å²) in [5, 5.41) is 3.89. The van der Waals surface area contributed by atoms with E-state index in [1.54, 1.807) is 6.07 Å². The summed E-state index contributed by atoms with van der Waals surface area (Å²) in [5.74, 6) is 0.264. The molecule has 1 aromatic carbocycles. The van der Waals surface area contributed by atoms with Gasteiger partial charge in [-0.25, -0.2) is 4.98 Å². The molecule has 0 saturated carbocycles. The van der Waals surface area contributed by atoms with Gasteiger partial charge in [0, 0.05) is 38.1 Å². The number of nitrogens with one attached hydrogen (secondary N) is 1. The zero-order chi connectivity index (χ0) is 20.8. The number of amides is 1. The maximum atomic E-state index is 12.9. The van der Waals surface area contributed by atoms with Crippen LogP contribution in [0.4, 0.5) is 0 Å². The molecule has 1 aliphatic heterocycles. The molecule has 1 fully saturated rings. The largest absolute Gasteiger partial charge is 0.464 e. The first kappa shape index (κ1) is 21.0. The Morgan fingerprint density at radius 1 is 1.28 bits per heavy atom. The van der Waals surface area contributed by atoms with Crippen molar-refractivity contribution in [3.63, 3.8) is 0 Å². The molecule has 1 saturated heterocycles. The first-order valence-corrected chi connectivity index (χ1v) is 10.1. The van der Waals surface area contributed by atoms with E-state index in [-0.39, 0.29) is 5.91 Å². The summed E-state index contributed by atoms with van der Waals surface area (Å²) in [5.41, 5.74) is 2.94. The third-order valence-electron chi connectivity index (χ3n) is 5.25. The highest BCUT2D eigenvalue weighted by Crippen LogP contribution is 2.23. The van der Waals surface area contributed by atoms with Crippen LogP contribution in [0.3, 0.4) is 0 Å². The van der Waals surface area contributed by atoms with Crippen LogP contribution < -0.4 is 5.32 Å². The first-order valence-electron chi connectivity index (χ1n) is 10.1. The van der Waals surface area contributed by atoms with E-state index in [0.29, 0.717) is 23.6 Å². The number of fused-ring (bicyclic) bond motifs is 1. The van der Waals surface area contributed by atoms with Crippen LogP contribution in [0.15, 0.2) is 43.7 Å². The summed E-state index contributed by atoms with van der Waals surface area (Å²) < 4.78 is 5.27. The van der Waals surface area contributed by atoms with Crippen LogP contribution in [0.5, 0.6) is 0 Å². The molecule has 6 heteroatoms. The summed E-state index contributed by atoms with van der Waals surface area (Å²) in [6, 6.07) is 7.62. The molecule has 0 radical (unpaired) electrons. The standard InChI is InChI=1S/C23H30N4O2/c1-5-29-18(3)22-16-20(19-15-17(2)7-8-21(19)25-22)23(28)24-9-6-10-27-13-11-26(4)12-14-27/h5,7-8,15-16H,1,3,6,9-14H2,2,4H3,(H,24,28). The van der Waals surface area contributed by atoms with Gasteiger partial charge in [-0.2, -0.15) is 0 Å². The molecule has 0 atom stereocenters. The number of carbonyl (C=O) groups is 1. The molecule has 0 unspecified atom stereocenters. The fraction of sp³-hybridized carbons (Fsp3) is 0.391. The summed E-state index contributed by atoms with van der Waals surface area (Å²) in [7, 11) is 2.15. The first-order chi connectivity index (χ1) is 14.0. The Morgan fingerprint density at radius 3 is 2.76 bits per heavy atom. The van der Waals surface area contributed by atoms with Crippen molar-refractivity contribution >= 4 is 22.6 Å². The number of aryl methyl sites for hydroxylation is 1.